The molecule has 1 N–H and O–H groups in total. The number of rotatable bonds is 6. The highest BCUT2D eigenvalue weighted by atomic mass is 16.5. The standard InChI is InChI=1S/C16H13NO4/c17-9-13-6-7-14(15(8-13)21-11-16(18)19)20-10-12-4-2-1-3-5-12/h1-8H,10-11H2,(H,18,19). The number of aliphatic carboxylic acids is 1. The number of nitriles is 1. The summed E-state index contributed by atoms with van der Waals surface area (Å²) in [6.45, 7) is -0.160. The summed E-state index contributed by atoms with van der Waals surface area (Å²) < 4.78 is 10.8. The van der Waals surface area contributed by atoms with Crippen LogP contribution in [0, 0.1) is 11.3 Å². The summed E-state index contributed by atoms with van der Waals surface area (Å²) >= 11 is 0. The third kappa shape index (κ3) is 4.25. The zero-order chi connectivity index (χ0) is 15.1. The van der Waals surface area contributed by atoms with E-state index in [2.05, 4.69) is 0 Å². The second-order valence-electron chi connectivity index (χ2n) is 4.23. The summed E-state index contributed by atoms with van der Waals surface area (Å²) in [6, 6.07) is 16.2. The SMILES string of the molecule is N#Cc1ccc(OCc2ccccc2)c(OCC(=O)O)c1. The van der Waals surface area contributed by atoms with Crippen LogP contribution in [0.1, 0.15) is 11.1 Å². The second kappa shape index (κ2) is 6.96. The monoisotopic (exact) mass is 283 g/mol. The van der Waals surface area contributed by atoms with E-state index in [1.165, 1.54) is 6.07 Å². The molecule has 5 heteroatoms. The summed E-state index contributed by atoms with van der Waals surface area (Å²) in [5.74, 6) is -0.446. The minimum Gasteiger partial charge on any atom is -0.485 e. The third-order valence-corrected chi connectivity index (χ3v) is 2.66. The molecule has 0 spiro atoms. The molecule has 2 rings (SSSR count). The Bertz CT molecular complexity index is 662. The van der Waals surface area contributed by atoms with Crippen LogP contribution in [0.4, 0.5) is 0 Å². The van der Waals surface area contributed by atoms with Gasteiger partial charge in [-0.2, -0.15) is 5.26 Å². The number of nitrogens with zero attached hydrogens (tertiary/aromatic N) is 1. The summed E-state index contributed by atoms with van der Waals surface area (Å²) in [6.07, 6.45) is 0. The van der Waals surface area contributed by atoms with Crippen LogP contribution in [-0.4, -0.2) is 17.7 Å². The first-order valence-electron chi connectivity index (χ1n) is 6.24. The summed E-state index contributed by atoms with van der Waals surface area (Å²) in [4.78, 5) is 10.6. The Hall–Kier alpha value is -3.00. The molecule has 0 aliphatic carbocycles. The van der Waals surface area contributed by atoms with Gasteiger partial charge in [-0.25, -0.2) is 4.79 Å². The lowest BCUT2D eigenvalue weighted by Crippen LogP contribution is -2.10. The molecule has 21 heavy (non-hydrogen) atoms. The van der Waals surface area contributed by atoms with Crippen LogP contribution in [0.2, 0.25) is 0 Å². The summed E-state index contributed by atoms with van der Waals surface area (Å²) in [5, 5.41) is 17.5. The first kappa shape index (κ1) is 14.4. The molecule has 2 aromatic rings. The Balaban J connectivity index is 2.13. The summed E-state index contributed by atoms with van der Waals surface area (Å²) in [5.41, 5.74) is 1.36. The van der Waals surface area contributed by atoms with Crippen molar-refractivity contribution in [2.75, 3.05) is 6.61 Å². The van der Waals surface area contributed by atoms with Gasteiger partial charge in [0.25, 0.3) is 0 Å². The number of ether oxygens (including phenoxy) is 2. The van der Waals surface area contributed by atoms with E-state index in [4.69, 9.17) is 19.8 Å². The van der Waals surface area contributed by atoms with Crippen LogP contribution in [0.15, 0.2) is 48.5 Å². The fraction of sp³-hybridized carbons (Fsp3) is 0.125. The minimum absolute atomic E-state index is 0.243. The normalized spacial score (nSPS) is 9.67. The van der Waals surface area contributed by atoms with Crippen LogP contribution >= 0.6 is 0 Å². The molecule has 0 saturated heterocycles. The second-order valence-corrected chi connectivity index (χ2v) is 4.23. The fourth-order valence-electron chi connectivity index (χ4n) is 1.68. The van der Waals surface area contributed by atoms with Crippen molar-refractivity contribution in [2.45, 2.75) is 6.61 Å². The first-order valence-corrected chi connectivity index (χ1v) is 6.24. The molecule has 0 bridgehead atoms. The van der Waals surface area contributed by atoms with E-state index in [0.29, 0.717) is 17.9 Å². The third-order valence-electron chi connectivity index (χ3n) is 2.66. The molecule has 0 unspecified atom stereocenters. The molecule has 0 fully saturated rings. The number of hydrogen-bond acceptors (Lipinski definition) is 4. The maximum absolute atomic E-state index is 10.6. The van der Waals surface area contributed by atoms with Gasteiger partial charge in [0.05, 0.1) is 11.6 Å². The zero-order valence-corrected chi connectivity index (χ0v) is 11.2. The van der Waals surface area contributed by atoms with Crippen molar-refractivity contribution in [2.24, 2.45) is 0 Å². The van der Waals surface area contributed by atoms with Crippen LogP contribution in [-0.2, 0) is 11.4 Å². The Kier molecular flexibility index (Phi) is 4.78. The average molecular weight is 283 g/mol. The van der Waals surface area contributed by atoms with E-state index in [1.807, 2.05) is 36.4 Å². The van der Waals surface area contributed by atoms with Crippen molar-refractivity contribution in [1.29, 1.82) is 5.26 Å². The molecule has 5 nitrogen and oxygen atoms in total. The predicted octanol–water partition coefficient (Wildman–Crippen LogP) is 2.60. The van der Waals surface area contributed by atoms with Crippen LogP contribution in [0.25, 0.3) is 0 Å². The molecule has 0 radical (unpaired) electrons. The molecular weight excluding hydrogens is 270 g/mol. The number of carbonyl (C=O) groups is 1. The number of benzene rings is 2. The van der Waals surface area contributed by atoms with E-state index >= 15 is 0 Å². The van der Waals surface area contributed by atoms with Gasteiger partial charge in [-0.05, 0) is 17.7 Å². The highest BCUT2D eigenvalue weighted by molar-refractivity contribution is 5.68. The van der Waals surface area contributed by atoms with Crippen molar-refractivity contribution in [3.63, 3.8) is 0 Å². The topological polar surface area (TPSA) is 79.5 Å². The van der Waals surface area contributed by atoms with Crippen molar-refractivity contribution in [3.05, 3.63) is 59.7 Å². The van der Waals surface area contributed by atoms with Gasteiger partial charge >= 0.3 is 5.97 Å². The van der Waals surface area contributed by atoms with E-state index in [0.717, 1.165) is 5.56 Å². The maximum atomic E-state index is 10.6. The van der Waals surface area contributed by atoms with Gasteiger partial charge < -0.3 is 14.6 Å². The molecule has 0 aliphatic rings. The minimum atomic E-state index is -1.09. The zero-order valence-electron chi connectivity index (χ0n) is 11.2. The van der Waals surface area contributed by atoms with E-state index in [9.17, 15) is 4.79 Å². The van der Waals surface area contributed by atoms with Crippen molar-refractivity contribution >= 4 is 5.97 Å². The predicted molar refractivity (Wildman–Crippen MR) is 75.1 cm³/mol. The maximum Gasteiger partial charge on any atom is 0.341 e. The van der Waals surface area contributed by atoms with Gasteiger partial charge in [-0.15, -0.1) is 0 Å². The van der Waals surface area contributed by atoms with Crippen LogP contribution < -0.4 is 9.47 Å². The first-order chi connectivity index (χ1) is 10.2. The largest absolute Gasteiger partial charge is 0.485 e. The Morgan fingerprint density at radius 2 is 1.86 bits per heavy atom. The van der Waals surface area contributed by atoms with Crippen molar-refractivity contribution in [1.82, 2.24) is 0 Å². The fourth-order valence-corrected chi connectivity index (χ4v) is 1.68. The van der Waals surface area contributed by atoms with Crippen molar-refractivity contribution in [3.8, 4) is 17.6 Å². The molecule has 0 atom stereocenters. The van der Waals surface area contributed by atoms with E-state index in [1.54, 1.807) is 12.1 Å². The molecular formula is C16H13NO4. The quantitative estimate of drug-likeness (QED) is 0.881. The lowest BCUT2D eigenvalue weighted by Gasteiger charge is -2.12. The van der Waals surface area contributed by atoms with Gasteiger partial charge in [-0.3, -0.25) is 0 Å². The molecule has 0 amide bonds. The highest BCUT2D eigenvalue weighted by Gasteiger charge is 2.09. The average Bonchev–Trinajstić information content (AvgIpc) is 2.52. The lowest BCUT2D eigenvalue weighted by atomic mass is 10.2. The van der Waals surface area contributed by atoms with Gasteiger partial charge in [-0.1, -0.05) is 30.3 Å². The van der Waals surface area contributed by atoms with Gasteiger partial charge in [0.2, 0.25) is 0 Å². The Morgan fingerprint density at radius 1 is 1.10 bits per heavy atom. The molecule has 0 heterocycles. The Labute approximate surface area is 122 Å². The van der Waals surface area contributed by atoms with Crippen LogP contribution in [0.3, 0.4) is 0 Å². The highest BCUT2D eigenvalue weighted by Crippen LogP contribution is 2.29. The molecule has 106 valence electrons. The molecule has 0 aliphatic heterocycles. The van der Waals surface area contributed by atoms with Gasteiger partial charge in [0.1, 0.15) is 6.61 Å². The summed E-state index contributed by atoms with van der Waals surface area (Å²) in [7, 11) is 0. The molecule has 0 aromatic heterocycles. The number of carboxylic acid groups (broad SMARTS) is 1. The van der Waals surface area contributed by atoms with E-state index < -0.39 is 12.6 Å². The smallest absolute Gasteiger partial charge is 0.341 e. The van der Waals surface area contributed by atoms with Crippen molar-refractivity contribution < 1.29 is 19.4 Å². The van der Waals surface area contributed by atoms with Gasteiger partial charge in [0.15, 0.2) is 18.1 Å². The molecule has 2 aromatic carbocycles. The Morgan fingerprint density at radius 3 is 2.52 bits per heavy atom. The van der Waals surface area contributed by atoms with Gasteiger partial charge in [0, 0.05) is 6.07 Å². The lowest BCUT2D eigenvalue weighted by molar-refractivity contribution is -0.139. The number of carboxylic acids is 1. The number of hydrogen-bond donors (Lipinski definition) is 1. The molecule has 0 saturated carbocycles. The van der Waals surface area contributed by atoms with E-state index in [-0.39, 0.29) is 5.75 Å². The van der Waals surface area contributed by atoms with Crippen LogP contribution in [0.5, 0.6) is 11.5 Å².